The van der Waals surface area contributed by atoms with Gasteiger partial charge in [0.15, 0.2) is 0 Å². The maximum Gasteiger partial charge on any atom is 0.115 e. The van der Waals surface area contributed by atoms with Gasteiger partial charge in [-0.1, -0.05) is 55.3 Å². The van der Waals surface area contributed by atoms with Gasteiger partial charge in [0, 0.05) is 12.0 Å². The van der Waals surface area contributed by atoms with Crippen molar-refractivity contribution in [3.63, 3.8) is 0 Å². The van der Waals surface area contributed by atoms with Crippen LogP contribution in [0.1, 0.15) is 42.9 Å². The molecule has 0 bridgehead atoms. The van der Waals surface area contributed by atoms with Gasteiger partial charge in [-0.05, 0) is 50.2 Å². The Morgan fingerprint density at radius 2 is 1.76 bits per heavy atom. The first-order chi connectivity index (χ1) is 11.5. The Bertz CT molecular complexity index is 677. The second-order valence-corrected chi connectivity index (χ2v) is 7.15. The van der Waals surface area contributed by atoms with Gasteiger partial charge >= 0.3 is 0 Å². The lowest BCUT2D eigenvalue weighted by molar-refractivity contribution is -0.0838. The van der Waals surface area contributed by atoms with Crippen LogP contribution < -0.4 is 0 Å². The number of hydrogen-bond acceptors (Lipinski definition) is 3. The smallest absolute Gasteiger partial charge is 0.115 e. The van der Waals surface area contributed by atoms with Crippen molar-refractivity contribution < 1.29 is 10.2 Å². The van der Waals surface area contributed by atoms with Crippen molar-refractivity contribution in [2.45, 2.75) is 37.3 Å². The fourth-order valence-corrected chi connectivity index (χ4v) is 4.28. The highest BCUT2D eigenvalue weighted by Crippen LogP contribution is 2.49. The molecule has 0 amide bonds. The molecule has 2 N–H and O–H groups in total. The quantitative estimate of drug-likeness (QED) is 0.842. The molecule has 25 heavy (non-hydrogen) atoms. The number of nitrogens with zero attached hydrogens (tertiary/aromatic N) is 1. The molecule has 3 unspecified atom stereocenters. The summed E-state index contributed by atoms with van der Waals surface area (Å²) in [7, 11) is 4.16. The standard InChI is InChI=1S/C21H27NO2.ClH/c1-22(2)20(16-9-4-3-5-10-16)19-13-6-7-14-21(19,24)17-11-8-12-18(23)15-17;/h3-5,8-12,15,19-20,23-24H,6-7,13-14H2,1-2H3;1H. The Labute approximate surface area is 156 Å². The van der Waals surface area contributed by atoms with Crippen molar-refractivity contribution in [2.75, 3.05) is 14.1 Å². The molecule has 0 aliphatic heterocycles. The third-order valence-corrected chi connectivity index (χ3v) is 5.36. The first kappa shape index (κ1) is 19.8. The summed E-state index contributed by atoms with van der Waals surface area (Å²) in [6, 6.07) is 17.7. The summed E-state index contributed by atoms with van der Waals surface area (Å²) in [5, 5.41) is 21.6. The highest BCUT2D eigenvalue weighted by molar-refractivity contribution is 5.85. The first-order valence-corrected chi connectivity index (χ1v) is 8.75. The molecule has 0 saturated heterocycles. The van der Waals surface area contributed by atoms with Crippen LogP contribution >= 0.6 is 12.4 Å². The Hall–Kier alpha value is -1.55. The molecule has 3 rings (SSSR count). The van der Waals surface area contributed by atoms with Crippen LogP contribution in [-0.4, -0.2) is 29.2 Å². The number of phenolic OH excluding ortho intramolecular Hbond substituents is 1. The molecule has 0 spiro atoms. The molecule has 1 aliphatic rings. The van der Waals surface area contributed by atoms with Gasteiger partial charge < -0.3 is 15.1 Å². The van der Waals surface area contributed by atoms with Crippen LogP contribution in [0.4, 0.5) is 0 Å². The average molecular weight is 362 g/mol. The molecule has 2 aromatic rings. The Morgan fingerprint density at radius 3 is 2.40 bits per heavy atom. The predicted molar refractivity (Wildman–Crippen MR) is 104 cm³/mol. The lowest BCUT2D eigenvalue weighted by Crippen LogP contribution is -2.45. The molecule has 136 valence electrons. The highest BCUT2D eigenvalue weighted by Gasteiger charge is 2.45. The van der Waals surface area contributed by atoms with E-state index in [1.807, 2.05) is 18.2 Å². The zero-order valence-corrected chi connectivity index (χ0v) is 15.7. The summed E-state index contributed by atoms with van der Waals surface area (Å²) in [6.07, 6.45) is 3.85. The molecule has 0 radical (unpaired) electrons. The van der Waals surface area contributed by atoms with Crippen LogP contribution in [-0.2, 0) is 5.60 Å². The summed E-state index contributed by atoms with van der Waals surface area (Å²) in [4.78, 5) is 2.21. The minimum Gasteiger partial charge on any atom is -0.508 e. The number of aliphatic hydroxyl groups is 1. The molecule has 4 heteroatoms. The Balaban J connectivity index is 0.00000225. The summed E-state index contributed by atoms with van der Waals surface area (Å²) < 4.78 is 0. The topological polar surface area (TPSA) is 43.7 Å². The highest BCUT2D eigenvalue weighted by atomic mass is 35.5. The van der Waals surface area contributed by atoms with Gasteiger partial charge in [0.2, 0.25) is 0 Å². The van der Waals surface area contributed by atoms with E-state index in [2.05, 4.69) is 43.3 Å². The lowest BCUT2D eigenvalue weighted by Gasteiger charge is -2.46. The SMILES string of the molecule is CN(C)C(c1ccccc1)C1CCCCC1(O)c1cccc(O)c1.Cl. The van der Waals surface area contributed by atoms with Gasteiger partial charge in [-0.3, -0.25) is 0 Å². The number of halogens is 1. The van der Waals surface area contributed by atoms with Crippen molar-refractivity contribution >= 4 is 12.4 Å². The van der Waals surface area contributed by atoms with Crippen LogP contribution in [0.5, 0.6) is 5.75 Å². The molecule has 3 nitrogen and oxygen atoms in total. The van der Waals surface area contributed by atoms with E-state index < -0.39 is 5.60 Å². The third kappa shape index (κ3) is 4.00. The van der Waals surface area contributed by atoms with Crippen LogP contribution in [0.25, 0.3) is 0 Å². The van der Waals surface area contributed by atoms with E-state index in [-0.39, 0.29) is 30.1 Å². The normalized spacial score (nSPS) is 24.6. The third-order valence-electron chi connectivity index (χ3n) is 5.36. The van der Waals surface area contributed by atoms with Crippen LogP contribution in [0, 0.1) is 5.92 Å². The summed E-state index contributed by atoms with van der Waals surface area (Å²) in [5.74, 6) is 0.303. The van der Waals surface area contributed by atoms with Crippen molar-refractivity contribution in [3.8, 4) is 5.75 Å². The number of aromatic hydroxyl groups is 1. The maximum absolute atomic E-state index is 11.7. The minimum atomic E-state index is -0.915. The van der Waals surface area contributed by atoms with E-state index in [4.69, 9.17) is 0 Å². The molecule has 1 aliphatic carbocycles. The van der Waals surface area contributed by atoms with Gasteiger partial charge in [0.05, 0.1) is 5.60 Å². The molecule has 0 heterocycles. The van der Waals surface area contributed by atoms with E-state index in [1.54, 1.807) is 12.1 Å². The summed E-state index contributed by atoms with van der Waals surface area (Å²) >= 11 is 0. The molecular weight excluding hydrogens is 334 g/mol. The Kier molecular flexibility index (Phi) is 6.50. The van der Waals surface area contributed by atoms with E-state index in [1.165, 1.54) is 5.56 Å². The predicted octanol–water partition coefficient (Wildman–Crippen LogP) is 4.49. The minimum absolute atomic E-state index is 0. The molecule has 3 atom stereocenters. The van der Waals surface area contributed by atoms with E-state index in [9.17, 15) is 10.2 Å². The van der Waals surface area contributed by atoms with Crippen molar-refractivity contribution in [2.24, 2.45) is 5.92 Å². The Morgan fingerprint density at radius 1 is 1.04 bits per heavy atom. The van der Waals surface area contributed by atoms with E-state index in [0.717, 1.165) is 31.2 Å². The maximum atomic E-state index is 11.7. The van der Waals surface area contributed by atoms with Crippen LogP contribution in [0.15, 0.2) is 54.6 Å². The van der Waals surface area contributed by atoms with Crippen LogP contribution in [0.2, 0.25) is 0 Å². The second kappa shape index (κ2) is 8.22. The fraction of sp³-hybridized carbons (Fsp3) is 0.429. The summed E-state index contributed by atoms with van der Waals surface area (Å²) in [6.45, 7) is 0. The molecule has 1 saturated carbocycles. The lowest BCUT2D eigenvalue weighted by atomic mass is 9.67. The number of benzene rings is 2. The largest absolute Gasteiger partial charge is 0.508 e. The zero-order valence-electron chi connectivity index (χ0n) is 14.9. The van der Waals surface area contributed by atoms with Gasteiger partial charge in [-0.2, -0.15) is 0 Å². The summed E-state index contributed by atoms with van der Waals surface area (Å²) in [5.41, 5.74) is 1.14. The average Bonchev–Trinajstić information content (AvgIpc) is 2.58. The van der Waals surface area contributed by atoms with E-state index >= 15 is 0 Å². The van der Waals surface area contributed by atoms with E-state index in [0.29, 0.717) is 0 Å². The van der Waals surface area contributed by atoms with Crippen molar-refractivity contribution in [1.82, 2.24) is 4.90 Å². The van der Waals surface area contributed by atoms with Crippen LogP contribution in [0.3, 0.4) is 0 Å². The zero-order chi connectivity index (χ0) is 17.2. The second-order valence-electron chi connectivity index (χ2n) is 7.15. The molecular formula is C21H28ClNO2. The first-order valence-electron chi connectivity index (χ1n) is 8.75. The monoisotopic (exact) mass is 361 g/mol. The number of rotatable bonds is 4. The fourth-order valence-electron chi connectivity index (χ4n) is 4.28. The van der Waals surface area contributed by atoms with Crippen molar-refractivity contribution in [1.29, 1.82) is 0 Å². The van der Waals surface area contributed by atoms with Gasteiger partial charge in [0.1, 0.15) is 5.75 Å². The van der Waals surface area contributed by atoms with Gasteiger partial charge in [0.25, 0.3) is 0 Å². The molecule has 2 aromatic carbocycles. The van der Waals surface area contributed by atoms with Gasteiger partial charge in [-0.25, -0.2) is 0 Å². The number of phenols is 1. The number of hydrogen-bond donors (Lipinski definition) is 2. The molecule has 1 fully saturated rings. The van der Waals surface area contributed by atoms with Gasteiger partial charge in [-0.15, -0.1) is 12.4 Å². The molecule has 0 aromatic heterocycles. The van der Waals surface area contributed by atoms with Crippen molar-refractivity contribution in [3.05, 3.63) is 65.7 Å².